The quantitative estimate of drug-likeness (QED) is 0.375. The van der Waals surface area contributed by atoms with Crippen molar-refractivity contribution >= 4 is 49.8 Å². The summed E-state index contributed by atoms with van der Waals surface area (Å²) in [6, 6.07) is 13.8. The van der Waals surface area contributed by atoms with Gasteiger partial charge in [0, 0.05) is 32.7 Å². The Labute approximate surface area is 161 Å². The lowest BCUT2D eigenvalue weighted by molar-refractivity contribution is -0.136. The van der Waals surface area contributed by atoms with Crippen LogP contribution in [-0.2, 0) is 11.2 Å². The van der Waals surface area contributed by atoms with Crippen molar-refractivity contribution in [3.05, 3.63) is 64.9 Å². The van der Waals surface area contributed by atoms with Crippen LogP contribution in [0.5, 0.6) is 5.75 Å². The number of benzene rings is 2. The minimum Gasteiger partial charge on any atom is -0.508 e. The number of hydrogen-bond donors (Lipinski definition) is 4. The fourth-order valence-corrected chi connectivity index (χ4v) is 3.10. The number of nitrogens with zero attached hydrogens (tertiary/aromatic N) is 1. The van der Waals surface area contributed by atoms with Crippen LogP contribution in [0.1, 0.15) is 5.69 Å². The van der Waals surface area contributed by atoms with Crippen molar-refractivity contribution in [3.63, 3.8) is 0 Å². The van der Waals surface area contributed by atoms with E-state index >= 15 is 0 Å². The molecule has 4 aromatic rings. The number of halogens is 1. The van der Waals surface area contributed by atoms with Crippen molar-refractivity contribution in [2.24, 2.45) is 0 Å². The van der Waals surface area contributed by atoms with E-state index in [-0.39, 0.29) is 12.2 Å². The van der Waals surface area contributed by atoms with Crippen molar-refractivity contribution in [2.45, 2.75) is 6.42 Å². The van der Waals surface area contributed by atoms with Crippen LogP contribution in [0.2, 0.25) is 0 Å². The van der Waals surface area contributed by atoms with Gasteiger partial charge in [-0.2, -0.15) is 0 Å². The summed E-state index contributed by atoms with van der Waals surface area (Å²) in [5.41, 5.74) is 2.17. The highest BCUT2D eigenvalue weighted by Crippen LogP contribution is 2.21. The number of carbonyl (C=O) groups is 2. The van der Waals surface area contributed by atoms with E-state index in [1.165, 1.54) is 4.57 Å². The van der Waals surface area contributed by atoms with Gasteiger partial charge in [0.25, 0.3) is 0 Å². The molecule has 0 aliphatic carbocycles. The van der Waals surface area contributed by atoms with Gasteiger partial charge in [-0.15, -0.1) is 0 Å². The number of rotatable bonds is 2. The molecule has 4 rings (SSSR count). The summed E-state index contributed by atoms with van der Waals surface area (Å²) in [6.07, 6.45) is 0.548. The van der Waals surface area contributed by atoms with Gasteiger partial charge in [0.1, 0.15) is 5.75 Å². The Morgan fingerprint density at radius 3 is 2.48 bits per heavy atom. The Bertz CT molecular complexity index is 1150. The first-order valence-electron chi connectivity index (χ1n) is 7.86. The predicted molar refractivity (Wildman–Crippen MR) is 104 cm³/mol. The first kappa shape index (κ1) is 18.5. The zero-order valence-electron chi connectivity index (χ0n) is 13.9. The van der Waals surface area contributed by atoms with Gasteiger partial charge in [0.15, 0.2) is 0 Å². The molecule has 0 spiro atoms. The molecule has 0 saturated heterocycles. The van der Waals surface area contributed by atoms with E-state index in [0.717, 1.165) is 20.8 Å². The van der Waals surface area contributed by atoms with Crippen LogP contribution in [0.15, 0.2) is 59.2 Å². The minimum absolute atomic E-state index is 0.0323. The largest absolute Gasteiger partial charge is 0.508 e. The third-order valence-corrected chi connectivity index (χ3v) is 4.35. The summed E-state index contributed by atoms with van der Waals surface area (Å²) >= 11 is 3.32. The number of aromatic amines is 1. The molecule has 0 unspecified atom stereocenters. The van der Waals surface area contributed by atoms with Gasteiger partial charge in [0.2, 0.25) is 0 Å². The summed E-state index contributed by atoms with van der Waals surface area (Å²) in [5, 5.41) is 28.3. The number of phenols is 1. The monoisotopic (exact) mass is 430 g/mol. The van der Waals surface area contributed by atoms with Crippen molar-refractivity contribution in [3.8, 4) is 5.75 Å². The lowest BCUT2D eigenvalue weighted by Gasteiger charge is -1.97. The Morgan fingerprint density at radius 2 is 1.78 bits per heavy atom. The molecule has 4 N–H and O–H groups in total. The maximum Gasteiger partial charge on any atom is 0.415 e. The van der Waals surface area contributed by atoms with E-state index in [4.69, 9.17) is 10.2 Å². The number of fused-ring (bicyclic) bond motifs is 2. The van der Waals surface area contributed by atoms with E-state index < -0.39 is 12.1 Å². The molecule has 7 nitrogen and oxygen atoms in total. The molecule has 0 aliphatic heterocycles. The number of aromatic nitrogens is 2. The Morgan fingerprint density at radius 1 is 1.00 bits per heavy atom. The first-order chi connectivity index (χ1) is 12.8. The van der Waals surface area contributed by atoms with Crippen LogP contribution in [0.4, 0.5) is 4.79 Å². The summed E-state index contributed by atoms with van der Waals surface area (Å²) in [7, 11) is 0. The third-order valence-electron chi connectivity index (χ3n) is 3.86. The lowest BCUT2D eigenvalue weighted by Crippen LogP contribution is -2.05. The Balaban J connectivity index is 0.000000156. The smallest absolute Gasteiger partial charge is 0.415 e. The van der Waals surface area contributed by atoms with Gasteiger partial charge in [-0.1, -0.05) is 15.9 Å². The molecule has 0 bridgehead atoms. The van der Waals surface area contributed by atoms with Crippen molar-refractivity contribution in [1.82, 2.24) is 9.55 Å². The van der Waals surface area contributed by atoms with E-state index in [2.05, 4.69) is 20.9 Å². The second-order valence-electron chi connectivity index (χ2n) is 5.81. The summed E-state index contributed by atoms with van der Waals surface area (Å²) in [6.45, 7) is 0. The average molecular weight is 431 g/mol. The van der Waals surface area contributed by atoms with E-state index in [9.17, 15) is 14.7 Å². The number of hydrogen-bond acceptors (Lipinski definition) is 3. The average Bonchev–Trinajstić information content (AvgIpc) is 3.17. The maximum absolute atomic E-state index is 10.7. The topological polar surface area (TPSA) is 116 Å². The second-order valence-corrected chi connectivity index (χ2v) is 6.72. The van der Waals surface area contributed by atoms with Crippen molar-refractivity contribution < 1.29 is 24.9 Å². The molecule has 2 aromatic heterocycles. The lowest BCUT2D eigenvalue weighted by atomic mass is 10.2. The SMILES string of the molecule is O=C(O)Cc1cc2cc(O)ccc2[nH]1.O=C(O)n1ccc2cc(Br)ccc21. The van der Waals surface area contributed by atoms with Gasteiger partial charge >= 0.3 is 12.1 Å². The molecule has 0 fully saturated rings. The van der Waals surface area contributed by atoms with Crippen LogP contribution >= 0.6 is 15.9 Å². The molecule has 0 aliphatic rings. The number of H-pyrrole nitrogens is 1. The summed E-state index contributed by atoms with van der Waals surface area (Å²) in [4.78, 5) is 24.1. The normalized spacial score (nSPS) is 10.6. The highest BCUT2D eigenvalue weighted by molar-refractivity contribution is 9.10. The van der Waals surface area contributed by atoms with Crippen LogP contribution in [0.3, 0.4) is 0 Å². The third kappa shape index (κ3) is 4.29. The van der Waals surface area contributed by atoms with E-state index in [1.54, 1.807) is 42.6 Å². The zero-order valence-corrected chi connectivity index (χ0v) is 15.5. The Hall–Kier alpha value is -3.26. The van der Waals surface area contributed by atoms with Crippen LogP contribution in [0, 0.1) is 0 Å². The maximum atomic E-state index is 10.7. The second kappa shape index (κ2) is 7.55. The fraction of sp³-hybridized carbons (Fsp3) is 0.0526. The summed E-state index contributed by atoms with van der Waals surface area (Å²) < 4.78 is 2.14. The van der Waals surface area contributed by atoms with Crippen LogP contribution < -0.4 is 0 Å². The van der Waals surface area contributed by atoms with Gasteiger partial charge in [-0.05, 0) is 48.5 Å². The van der Waals surface area contributed by atoms with Crippen LogP contribution in [0.25, 0.3) is 21.8 Å². The molecule has 0 amide bonds. The molecule has 2 heterocycles. The zero-order chi connectivity index (χ0) is 19.6. The van der Waals surface area contributed by atoms with Gasteiger partial charge < -0.3 is 20.3 Å². The fourth-order valence-electron chi connectivity index (χ4n) is 2.72. The molecular weight excluding hydrogens is 416 g/mol. The highest BCUT2D eigenvalue weighted by atomic mass is 79.9. The molecule has 2 aromatic carbocycles. The molecular formula is C19H15BrN2O5. The molecule has 27 heavy (non-hydrogen) atoms. The van der Waals surface area contributed by atoms with Gasteiger partial charge in [0.05, 0.1) is 11.9 Å². The predicted octanol–water partition coefficient (Wildman–Crippen LogP) is 4.43. The summed E-state index contributed by atoms with van der Waals surface area (Å²) in [5.74, 6) is -0.695. The van der Waals surface area contributed by atoms with Crippen molar-refractivity contribution in [2.75, 3.05) is 0 Å². The molecule has 0 saturated carbocycles. The highest BCUT2D eigenvalue weighted by Gasteiger charge is 2.06. The van der Waals surface area contributed by atoms with Gasteiger partial charge in [-0.3, -0.25) is 9.36 Å². The standard InChI is InChI=1S/C10H9NO3.C9H6BrNO2/c12-8-1-2-9-6(4-8)3-7(11-9)5-10(13)14;10-7-1-2-8-6(5-7)3-4-11(8)9(12)13/h1-4,11-12H,5H2,(H,13,14);1-5H,(H,12,13). The van der Waals surface area contributed by atoms with Crippen LogP contribution in [-0.4, -0.2) is 36.9 Å². The molecule has 0 atom stereocenters. The minimum atomic E-state index is -0.961. The van der Waals surface area contributed by atoms with Crippen molar-refractivity contribution in [1.29, 1.82) is 0 Å². The van der Waals surface area contributed by atoms with E-state index in [1.807, 2.05) is 12.1 Å². The number of aromatic hydroxyl groups is 1. The molecule has 138 valence electrons. The number of carboxylic acid groups (broad SMARTS) is 2. The number of carboxylic acids is 1. The number of aliphatic carboxylic acids is 1. The first-order valence-corrected chi connectivity index (χ1v) is 8.65. The van der Waals surface area contributed by atoms with Gasteiger partial charge in [-0.25, -0.2) is 4.79 Å². The Kier molecular flexibility index (Phi) is 5.18. The molecule has 0 radical (unpaired) electrons. The number of phenolic OH excluding ortho intramolecular Hbond substituents is 1. The number of nitrogens with one attached hydrogen (secondary N) is 1. The van der Waals surface area contributed by atoms with E-state index in [0.29, 0.717) is 11.2 Å². The molecule has 8 heteroatoms.